The number of rotatable bonds is 2. The number of likely N-dealkylation sites (N-methyl/N-ethyl adjacent to an activating group) is 1. The first-order valence-corrected chi connectivity index (χ1v) is 13.2. The third-order valence-electron chi connectivity index (χ3n) is 7.71. The fraction of sp³-hybridized carbons (Fsp3) is 0.464. The van der Waals surface area contributed by atoms with Crippen LogP contribution in [0, 0.1) is 6.92 Å². The van der Waals surface area contributed by atoms with Crippen molar-refractivity contribution in [3.05, 3.63) is 58.6 Å². The number of nitrogens with one attached hydrogen (secondary N) is 1. The van der Waals surface area contributed by atoms with Gasteiger partial charge in [-0.2, -0.15) is 5.10 Å². The molecule has 2 aromatic heterocycles. The Morgan fingerprint density at radius 1 is 1.05 bits per heavy atom. The van der Waals surface area contributed by atoms with E-state index in [2.05, 4.69) is 15.6 Å². The fourth-order valence-corrected chi connectivity index (χ4v) is 5.53. The van der Waals surface area contributed by atoms with Crippen molar-refractivity contribution >= 4 is 17.7 Å². The summed E-state index contributed by atoms with van der Waals surface area (Å²) in [5.74, 6) is 0.0901. The Hall–Kier alpha value is -3.95. The van der Waals surface area contributed by atoms with Gasteiger partial charge in [0.1, 0.15) is 17.0 Å². The summed E-state index contributed by atoms with van der Waals surface area (Å²) < 4.78 is 7.22. The normalized spacial score (nSPS) is 19.1. The zero-order valence-corrected chi connectivity index (χ0v) is 22.2. The van der Waals surface area contributed by atoms with Gasteiger partial charge in [0, 0.05) is 63.0 Å². The summed E-state index contributed by atoms with van der Waals surface area (Å²) in [5.41, 5.74) is 4.17. The number of aromatic nitrogens is 3. The lowest BCUT2D eigenvalue weighted by Gasteiger charge is -2.32. The molecule has 1 aliphatic heterocycles. The summed E-state index contributed by atoms with van der Waals surface area (Å²) in [4.78, 5) is 43.5. The number of carbonyl (C=O) groups is 3. The molecule has 0 spiro atoms. The highest BCUT2D eigenvalue weighted by Crippen LogP contribution is 2.28. The molecule has 10 nitrogen and oxygen atoms in total. The molecule has 38 heavy (non-hydrogen) atoms. The van der Waals surface area contributed by atoms with Gasteiger partial charge in [0.05, 0.1) is 0 Å². The molecule has 2 aliphatic rings. The molecule has 10 heteroatoms. The highest BCUT2D eigenvalue weighted by Gasteiger charge is 2.32. The van der Waals surface area contributed by atoms with E-state index < -0.39 is 0 Å². The van der Waals surface area contributed by atoms with Gasteiger partial charge >= 0.3 is 0 Å². The van der Waals surface area contributed by atoms with E-state index in [0.29, 0.717) is 68.0 Å². The quantitative estimate of drug-likeness (QED) is 0.558. The van der Waals surface area contributed by atoms with E-state index >= 15 is 0 Å². The van der Waals surface area contributed by atoms with Crippen molar-refractivity contribution in [2.24, 2.45) is 7.05 Å². The zero-order chi connectivity index (χ0) is 26.8. The molecule has 1 aromatic carbocycles. The lowest BCUT2D eigenvalue weighted by atomic mass is 9.90. The molecule has 0 saturated heterocycles. The Morgan fingerprint density at radius 2 is 1.82 bits per heavy atom. The molecule has 5 rings (SSSR count). The first-order valence-electron chi connectivity index (χ1n) is 13.2. The molecule has 1 aliphatic carbocycles. The number of fused-ring (bicyclic) bond motifs is 1. The first-order chi connectivity index (χ1) is 18.3. The van der Waals surface area contributed by atoms with Gasteiger partial charge < -0.3 is 19.6 Å². The van der Waals surface area contributed by atoms with Gasteiger partial charge in [-0.05, 0) is 39.0 Å². The third kappa shape index (κ3) is 4.94. The summed E-state index contributed by atoms with van der Waals surface area (Å²) in [6.45, 7) is 2.98. The Morgan fingerprint density at radius 3 is 2.61 bits per heavy atom. The molecule has 0 fully saturated rings. The van der Waals surface area contributed by atoms with Crippen LogP contribution in [-0.2, 0) is 24.7 Å². The van der Waals surface area contributed by atoms with Crippen LogP contribution in [0.15, 0.2) is 34.9 Å². The van der Waals surface area contributed by atoms with Crippen LogP contribution < -0.4 is 5.32 Å². The maximum atomic E-state index is 13.8. The number of hydrogen-bond donors (Lipinski definition) is 1. The Balaban J connectivity index is 1.39. The number of hydrogen-bond acceptors (Lipinski definition) is 6. The molecule has 0 radical (unpaired) electrons. The molecule has 1 unspecified atom stereocenters. The third-order valence-corrected chi connectivity index (χ3v) is 7.71. The number of amides is 3. The lowest BCUT2D eigenvalue weighted by Crippen LogP contribution is -2.41. The minimum atomic E-state index is -0.217. The monoisotopic (exact) mass is 518 g/mol. The van der Waals surface area contributed by atoms with Gasteiger partial charge in [-0.3, -0.25) is 19.1 Å². The van der Waals surface area contributed by atoms with Crippen LogP contribution in [-0.4, -0.2) is 75.2 Å². The van der Waals surface area contributed by atoms with Crippen molar-refractivity contribution in [3.8, 4) is 11.3 Å². The molecule has 3 aromatic rings. The molecule has 1 atom stereocenters. The van der Waals surface area contributed by atoms with Crippen LogP contribution in [0.2, 0.25) is 0 Å². The Bertz CT molecular complexity index is 1340. The molecular weight excluding hydrogens is 484 g/mol. The molecular formula is C28H34N6O4. The highest BCUT2D eigenvalue weighted by atomic mass is 16.5. The van der Waals surface area contributed by atoms with Gasteiger partial charge in [0.25, 0.3) is 11.8 Å². The first kappa shape index (κ1) is 25.7. The summed E-state index contributed by atoms with van der Waals surface area (Å²) >= 11 is 0. The van der Waals surface area contributed by atoms with Crippen LogP contribution in [0.5, 0.6) is 0 Å². The molecule has 2 bridgehead atoms. The maximum absolute atomic E-state index is 13.8. The highest BCUT2D eigenvalue weighted by molar-refractivity contribution is 6.00. The van der Waals surface area contributed by atoms with E-state index in [9.17, 15) is 14.4 Å². The zero-order valence-electron chi connectivity index (χ0n) is 22.2. The smallest absolute Gasteiger partial charge is 0.272 e. The van der Waals surface area contributed by atoms with Crippen LogP contribution in [0.25, 0.3) is 11.3 Å². The van der Waals surface area contributed by atoms with Crippen LogP contribution in [0.1, 0.15) is 63.5 Å². The minimum absolute atomic E-state index is 0.0155. The number of carbonyl (C=O) groups excluding carboxylic acids is 3. The van der Waals surface area contributed by atoms with Gasteiger partial charge in [0.15, 0.2) is 5.69 Å². The molecule has 0 saturated carbocycles. The van der Waals surface area contributed by atoms with E-state index in [0.717, 1.165) is 29.7 Å². The van der Waals surface area contributed by atoms with Crippen LogP contribution >= 0.6 is 0 Å². The molecule has 200 valence electrons. The topological polar surface area (TPSA) is 114 Å². The summed E-state index contributed by atoms with van der Waals surface area (Å²) in [6, 6.07) is 9.49. The Kier molecular flexibility index (Phi) is 7.31. The second-order valence-corrected chi connectivity index (χ2v) is 10.1. The van der Waals surface area contributed by atoms with E-state index in [1.165, 1.54) is 0 Å². The predicted molar refractivity (Wildman–Crippen MR) is 141 cm³/mol. The van der Waals surface area contributed by atoms with Gasteiger partial charge in [-0.15, -0.1) is 0 Å². The SMILES string of the molecule is Cc1onc(-c2ccccc2)c1C(=O)N1CCCNC(=O)c2nn(C)c3c2CC(CC3)N(C)C(=O)CCC1. The largest absolute Gasteiger partial charge is 0.360 e. The number of nitrogens with zero attached hydrogens (tertiary/aromatic N) is 5. The van der Waals surface area contributed by atoms with Gasteiger partial charge in [-0.25, -0.2) is 0 Å². The van der Waals surface area contributed by atoms with Crippen molar-refractivity contribution < 1.29 is 18.9 Å². The van der Waals surface area contributed by atoms with Crippen LogP contribution in [0.4, 0.5) is 0 Å². The molecule has 3 amide bonds. The van der Waals surface area contributed by atoms with E-state index in [4.69, 9.17) is 4.52 Å². The van der Waals surface area contributed by atoms with Crippen molar-refractivity contribution in [3.63, 3.8) is 0 Å². The van der Waals surface area contributed by atoms with E-state index in [-0.39, 0.29) is 23.8 Å². The second kappa shape index (κ2) is 10.8. The number of aryl methyl sites for hydroxylation is 2. The average molecular weight is 519 g/mol. The van der Waals surface area contributed by atoms with Crippen molar-refractivity contribution in [1.29, 1.82) is 0 Å². The maximum Gasteiger partial charge on any atom is 0.272 e. The summed E-state index contributed by atoms with van der Waals surface area (Å²) in [6.07, 6.45) is 3.67. The van der Waals surface area contributed by atoms with Gasteiger partial charge in [-0.1, -0.05) is 35.5 Å². The second-order valence-electron chi connectivity index (χ2n) is 10.1. The molecule has 3 heterocycles. The Labute approximate surface area is 221 Å². The minimum Gasteiger partial charge on any atom is -0.360 e. The number of benzene rings is 1. The standard InChI is InChI=1S/C28H34N6O4/c1-18-24(25(31-38-18)19-9-5-4-6-10-19)28(37)34-15-7-11-23(35)32(2)20-12-13-22-21(17-20)26(30-33(22)3)27(36)29-14-8-16-34/h4-6,9-10,20H,7-8,11-17H2,1-3H3,(H,29,36). The lowest BCUT2D eigenvalue weighted by molar-refractivity contribution is -0.132. The average Bonchev–Trinajstić information content (AvgIpc) is 3.48. The molecule has 1 N–H and O–H groups in total. The van der Waals surface area contributed by atoms with E-state index in [1.807, 2.05) is 44.4 Å². The summed E-state index contributed by atoms with van der Waals surface area (Å²) in [5, 5.41) is 11.7. The summed E-state index contributed by atoms with van der Waals surface area (Å²) in [7, 11) is 3.70. The van der Waals surface area contributed by atoms with Gasteiger partial charge in [0.2, 0.25) is 5.91 Å². The van der Waals surface area contributed by atoms with E-state index in [1.54, 1.807) is 21.4 Å². The van der Waals surface area contributed by atoms with Crippen molar-refractivity contribution in [2.45, 2.75) is 51.5 Å². The van der Waals surface area contributed by atoms with Crippen molar-refractivity contribution in [2.75, 3.05) is 26.7 Å². The van der Waals surface area contributed by atoms with Crippen molar-refractivity contribution in [1.82, 2.24) is 30.1 Å². The van der Waals surface area contributed by atoms with Crippen LogP contribution in [0.3, 0.4) is 0 Å². The predicted octanol–water partition coefficient (Wildman–Crippen LogP) is 2.76. The fourth-order valence-electron chi connectivity index (χ4n) is 5.53.